The first-order valence-electron chi connectivity index (χ1n) is 11.2. The predicted octanol–water partition coefficient (Wildman–Crippen LogP) is 2.28. The number of carbonyl (C=O) groups excluding carboxylic acids is 1. The lowest BCUT2D eigenvalue weighted by molar-refractivity contribution is -0.125. The van der Waals surface area contributed by atoms with Crippen LogP contribution in [-0.4, -0.2) is 45.5 Å². The lowest BCUT2D eigenvalue weighted by Crippen LogP contribution is -2.42. The molecular weight excluding hydrogens is 424 g/mol. The Kier molecular flexibility index (Phi) is 5.98. The summed E-state index contributed by atoms with van der Waals surface area (Å²) in [6, 6.07) is 9.75. The molecule has 0 unspecified atom stereocenters. The molecule has 3 aromatic heterocycles. The van der Waals surface area contributed by atoms with Crippen LogP contribution in [0.5, 0.6) is 0 Å². The second-order valence-electron chi connectivity index (χ2n) is 8.34. The van der Waals surface area contributed by atoms with Crippen LogP contribution in [0.3, 0.4) is 0 Å². The van der Waals surface area contributed by atoms with Crippen LogP contribution in [0.4, 0.5) is 5.82 Å². The van der Waals surface area contributed by atoms with Crippen molar-refractivity contribution in [3.05, 3.63) is 57.3 Å². The van der Waals surface area contributed by atoms with E-state index in [0.29, 0.717) is 13.1 Å². The van der Waals surface area contributed by atoms with Gasteiger partial charge in [0.2, 0.25) is 5.91 Å². The zero-order chi connectivity index (χ0) is 21.9. The van der Waals surface area contributed by atoms with Gasteiger partial charge in [0.1, 0.15) is 5.69 Å². The van der Waals surface area contributed by atoms with E-state index in [9.17, 15) is 9.59 Å². The number of aromatic nitrogens is 4. The summed E-state index contributed by atoms with van der Waals surface area (Å²) in [6.45, 7) is 2.37. The number of thiophene rings is 1. The molecule has 1 aliphatic heterocycles. The summed E-state index contributed by atoms with van der Waals surface area (Å²) in [4.78, 5) is 28.1. The van der Waals surface area contributed by atoms with Gasteiger partial charge in [-0.2, -0.15) is 5.10 Å². The smallest absolute Gasteiger partial charge is 0.267 e. The van der Waals surface area contributed by atoms with Gasteiger partial charge in [0.25, 0.3) is 5.56 Å². The number of rotatable bonds is 6. The average Bonchev–Trinajstić information content (AvgIpc) is 3.51. The molecule has 0 bridgehead atoms. The van der Waals surface area contributed by atoms with Gasteiger partial charge in [-0.25, -0.2) is 4.68 Å². The number of amides is 1. The summed E-state index contributed by atoms with van der Waals surface area (Å²) in [5.41, 5.74) is 2.90. The van der Waals surface area contributed by atoms with E-state index in [0.717, 1.165) is 72.8 Å². The van der Waals surface area contributed by atoms with Gasteiger partial charge in [0, 0.05) is 31.6 Å². The lowest BCUT2D eigenvalue weighted by Gasteiger charge is -2.31. The molecule has 1 saturated heterocycles. The Balaban J connectivity index is 1.10. The van der Waals surface area contributed by atoms with Crippen LogP contribution in [0.1, 0.15) is 30.5 Å². The number of anilines is 1. The van der Waals surface area contributed by atoms with Crippen LogP contribution in [-0.2, 0) is 24.2 Å². The number of hydrogen-bond acceptors (Lipinski definition) is 7. The summed E-state index contributed by atoms with van der Waals surface area (Å²) in [5.74, 6) is 0.888. The maximum atomic E-state index is 12.6. The van der Waals surface area contributed by atoms with Crippen molar-refractivity contribution in [2.24, 2.45) is 5.92 Å². The molecule has 1 amide bonds. The molecule has 4 heterocycles. The Morgan fingerprint density at radius 3 is 2.78 bits per heavy atom. The Hall–Kier alpha value is -3.07. The van der Waals surface area contributed by atoms with E-state index < -0.39 is 0 Å². The minimum atomic E-state index is -0.0839. The standard InChI is InChI=1S/C23H26N6O2S/c30-22-15-17-3-1-4-18(17)27-29(22)13-10-24-23(31)16-8-11-28(12-9-16)21-7-6-19(25-26-21)20-5-2-14-32-20/h2,5-7,14-16H,1,3-4,8-13H2,(H,24,31). The SMILES string of the molecule is O=C(NCCn1nc2c(cc1=O)CCC2)C1CCN(c2ccc(-c3cccs3)nn2)CC1. The van der Waals surface area contributed by atoms with Crippen LogP contribution in [0.2, 0.25) is 0 Å². The van der Waals surface area contributed by atoms with Gasteiger partial charge < -0.3 is 10.2 Å². The quantitative estimate of drug-likeness (QED) is 0.619. The first-order chi connectivity index (χ1) is 15.7. The lowest BCUT2D eigenvalue weighted by atomic mass is 9.96. The molecule has 1 aliphatic carbocycles. The minimum Gasteiger partial charge on any atom is -0.355 e. The first kappa shape index (κ1) is 20.8. The van der Waals surface area contributed by atoms with Crippen molar-refractivity contribution in [3.63, 3.8) is 0 Å². The largest absolute Gasteiger partial charge is 0.355 e. The highest BCUT2D eigenvalue weighted by molar-refractivity contribution is 7.13. The summed E-state index contributed by atoms with van der Waals surface area (Å²) in [6.07, 6.45) is 4.49. The number of fused-ring (bicyclic) bond motifs is 1. The zero-order valence-electron chi connectivity index (χ0n) is 17.9. The molecule has 9 heteroatoms. The molecule has 2 aliphatic rings. The number of aryl methyl sites for hydroxylation is 2. The van der Waals surface area contributed by atoms with E-state index in [1.54, 1.807) is 17.4 Å². The van der Waals surface area contributed by atoms with Crippen molar-refractivity contribution < 1.29 is 4.79 Å². The zero-order valence-corrected chi connectivity index (χ0v) is 18.7. The topological polar surface area (TPSA) is 93.0 Å². The summed E-state index contributed by atoms with van der Waals surface area (Å²) in [5, 5.41) is 18.2. The Bertz CT molecular complexity index is 1130. The van der Waals surface area contributed by atoms with E-state index in [-0.39, 0.29) is 17.4 Å². The normalized spacial score (nSPS) is 16.2. The van der Waals surface area contributed by atoms with E-state index >= 15 is 0 Å². The summed E-state index contributed by atoms with van der Waals surface area (Å²) in [7, 11) is 0. The molecular formula is C23H26N6O2S. The Morgan fingerprint density at radius 2 is 2.03 bits per heavy atom. The number of carbonyl (C=O) groups is 1. The number of nitrogens with zero attached hydrogens (tertiary/aromatic N) is 5. The molecule has 0 atom stereocenters. The molecule has 1 fully saturated rings. The molecule has 166 valence electrons. The van der Waals surface area contributed by atoms with Crippen LogP contribution in [0.15, 0.2) is 40.5 Å². The van der Waals surface area contributed by atoms with Gasteiger partial charge in [0.15, 0.2) is 5.82 Å². The summed E-state index contributed by atoms with van der Waals surface area (Å²) >= 11 is 1.65. The fourth-order valence-corrected chi connectivity index (χ4v) is 5.14. The predicted molar refractivity (Wildman–Crippen MR) is 124 cm³/mol. The van der Waals surface area contributed by atoms with Crippen molar-refractivity contribution in [1.82, 2.24) is 25.3 Å². The maximum Gasteiger partial charge on any atom is 0.267 e. The second kappa shape index (κ2) is 9.20. The molecule has 0 spiro atoms. The third-order valence-electron chi connectivity index (χ3n) is 6.26. The number of nitrogens with one attached hydrogen (secondary N) is 1. The Morgan fingerprint density at radius 1 is 1.16 bits per heavy atom. The van der Waals surface area contributed by atoms with Crippen molar-refractivity contribution >= 4 is 23.1 Å². The van der Waals surface area contributed by atoms with E-state index in [4.69, 9.17) is 0 Å². The third kappa shape index (κ3) is 4.43. The molecule has 1 N–H and O–H groups in total. The van der Waals surface area contributed by atoms with Gasteiger partial charge >= 0.3 is 0 Å². The van der Waals surface area contributed by atoms with Gasteiger partial charge in [-0.3, -0.25) is 9.59 Å². The second-order valence-corrected chi connectivity index (χ2v) is 9.29. The van der Waals surface area contributed by atoms with E-state index in [2.05, 4.69) is 25.5 Å². The Labute approximate surface area is 190 Å². The highest BCUT2D eigenvalue weighted by atomic mass is 32.1. The minimum absolute atomic E-state index is 0.0192. The van der Waals surface area contributed by atoms with Crippen LogP contribution in [0.25, 0.3) is 10.6 Å². The third-order valence-corrected chi connectivity index (χ3v) is 7.15. The van der Waals surface area contributed by atoms with Crippen LogP contribution < -0.4 is 15.8 Å². The molecule has 32 heavy (non-hydrogen) atoms. The maximum absolute atomic E-state index is 12.6. The average molecular weight is 451 g/mol. The monoisotopic (exact) mass is 450 g/mol. The van der Waals surface area contributed by atoms with Crippen LogP contribution in [0, 0.1) is 5.92 Å². The molecule has 0 radical (unpaired) electrons. The van der Waals surface area contributed by atoms with Gasteiger partial charge in [-0.15, -0.1) is 21.5 Å². The highest BCUT2D eigenvalue weighted by Gasteiger charge is 2.25. The molecule has 0 aromatic carbocycles. The van der Waals surface area contributed by atoms with E-state index in [1.165, 1.54) is 4.68 Å². The van der Waals surface area contributed by atoms with Crippen molar-refractivity contribution in [2.45, 2.75) is 38.6 Å². The highest BCUT2D eigenvalue weighted by Crippen LogP contribution is 2.25. The van der Waals surface area contributed by atoms with Gasteiger partial charge in [-0.05, 0) is 61.2 Å². The van der Waals surface area contributed by atoms with Gasteiger partial charge in [0.05, 0.1) is 17.1 Å². The number of hydrogen-bond donors (Lipinski definition) is 1. The van der Waals surface area contributed by atoms with Crippen molar-refractivity contribution in [2.75, 3.05) is 24.5 Å². The summed E-state index contributed by atoms with van der Waals surface area (Å²) < 4.78 is 1.48. The fourth-order valence-electron chi connectivity index (χ4n) is 4.45. The number of piperidine rings is 1. The molecule has 5 rings (SSSR count). The van der Waals surface area contributed by atoms with Crippen LogP contribution >= 0.6 is 11.3 Å². The first-order valence-corrected chi connectivity index (χ1v) is 12.1. The van der Waals surface area contributed by atoms with Crippen molar-refractivity contribution in [3.8, 4) is 10.6 Å². The molecule has 3 aromatic rings. The fraction of sp³-hybridized carbons (Fsp3) is 0.435. The molecule has 8 nitrogen and oxygen atoms in total. The van der Waals surface area contributed by atoms with Crippen molar-refractivity contribution in [1.29, 1.82) is 0 Å². The van der Waals surface area contributed by atoms with E-state index in [1.807, 2.05) is 29.6 Å². The van der Waals surface area contributed by atoms with Gasteiger partial charge in [-0.1, -0.05) is 6.07 Å². The molecule has 0 saturated carbocycles.